The molecule has 0 bridgehead atoms. The molecule has 0 unspecified atom stereocenters. The van der Waals surface area contributed by atoms with Crippen molar-refractivity contribution in [2.75, 3.05) is 30.0 Å². The van der Waals surface area contributed by atoms with E-state index in [9.17, 15) is 4.79 Å². The molecule has 3 heterocycles. The van der Waals surface area contributed by atoms with Crippen molar-refractivity contribution in [1.29, 1.82) is 0 Å². The second-order valence-corrected chi connectivity index (χ2v) is 8.41. The number of aromatic nitrogens is 1. The van der Waals surface area contributed by atoms with Crippen LogP contribution < -0.4 is 10.2 Å². The number of amides is 1. The van der Waals surface area contributed by atoms with Gasteiger partial charge in [-0.25, -0.2) is 0 Å². The number of nitrogens with one attached hydrogen (secondary N) is 1. The molecule has 2 aromatic carbocycles. The number of hydrogen-bond donors (Lipinski definition) is 1. The highest BCUT2D eigenvalue weighted by molar-refractivity contribution is 6.07. The SMILES string of the molecule is CC(C)n1cc(C(=O)N2CCC(N3CNc4ccccc43)CC2)c2ccccc21. The van der Waals surface area contributed by atoms with Gasteiger partial charge in [-0.1, -0.05) is 30.3 Å². The van der Waals surface area contributed by atoms with E-state index in [0.717, 1.165) is 49.1 Å². The van der Waals surface area contributed by atoms with Crippen molar-refractivity contribution in [3.8, 4) is 0 Å². The first-order valence-electron chi connectivity index (χ1n) is 10.6. The van der Waals surface area contributed by atoms with E-state index in [4.69, 9.17) is 0 Å². The molecule has 150 valence electrons. The molecule has 5 nitrogen and oxygen atoms in total. The lowest BCUT2D eigenvalue weighted by atomic mass is 10.0. The van der Waals surface area contributed by atoms with E-state index in [2.05, 4.69) is 65.0 Å². The zero-order valence-electron chi connectivity index (χ0n) is 17.1. The van der Waals surface area contributed by atoms with Crippen molar-refractivity contribution in [1.82, 2.24) is 9.47 Å². The Hall–Kier alpha value is -2.95. The summed E-state index contributed by atoms with van der Waals surface area (Å²) in [6, 6.07) is 17.5. The van der Waals surface area contributed by atoms with Gasteiger partial charge in [0.1, 0.15) is 0 Å². The summed E-state index contributed by atoms with van der Waals surface area (Å²) in [5.74, 6) is 0.166. The van der Waals surface area contributed by atoms with Crippen LogP contribution in [0.5, 0.6) is 0 Å². The molecule has 0 radical (unpaired) electrons. The summed E-state index contributed by atoms with van der Waals surface area (Å²) in [7, 11) is 0. The molecule has 2 aliphatic rings. The number of piperidine rings is 1. The second-order valence-electron chi connectivity index (χ2n) is 8.41. The molecule has 3 aromatic rings. The number of carbonyl (C=O) groups is 1. The third kappa shape index (κ3) is 3.05. The molecule has 1 saturated heterocycles. The predicted octanol–water partition coefficient (Wildman–Crippen LogP) is 4.72. The van der Waals surface area contributed by atoms with Crippen LogP contribution in [0.1, 0.15) is 43.1 Å². The van der Waals surface area contributed by atoms with Gasteiger partial charge in [0, 0.05) is 42.3 Å². The van der Waals surface area contributed by atoms with Gasteiger partial charge < -0.3 is 19.7 Å². The fourth-order valence-corrected chi connectivity index (χ4v) is 4.81. The molecule has 5 rings (SSSR count). The number of para-hydroxylation sites is 3. The van der Waals surface area contributed by atoms with E-state index in [1.54, 1.807) is 0 Å². The van der Waals surface area contributed by atoms with Gasteiger partial charge in [0.05, 0.1) is 23.6 Å². The predicted molar refractivity (Wildman–Crippen MR) is 119 cm³/mol. The summed E-state index contributed by atoms with van der Waals surface area (Å²) in [6.45, 7) is 6.80. The van der Waals surface area contributed by atoms with Gasteiger partial charge in [-0.15, -0.1) is 0 Å². The first kappa shape index (κ1) is 18.1. The molecular weight excluding hydrogens is 360 g/mol. The maximum atomic E-state index is 13.4. The topological polar surface area (TPSA) is 40.5 Å². The average Bonchev–Trinajstić information content (AvgIpc) is 3.35. The molecule has 29 heavy (non-hydrogen) atoms. The molecule has 1 aromatic heterocycles. The van der Waals surface area contributed by atoms with Crippen molar-refractivity contribution in [3.63, 3.8) is 0 Å². The van der Waals surface area contributed by atoms with Gasteiger partial charge in [-0.2, -0.15) is 0 Å². The molecule has 1 fully saturated rings. The minimum absolute atomic E-state index is 0.166. The van der Waals surface area contributed by atoms with Crippen molar-refractivity contribution in [3.05, 3.63) is 60.3 Å². The lowest BCUT2D eigenvalue weighted by Crippen LogP contribution is -2.46. The van der Waals surface area contributed by atoms with Gasteiger partial charge in [0.25, 0.3) is 5.91 Å². The quantitative estimate of drug-likeness (QED) is 0.706. The fraction of sp³-hybridized carbons (Fsp3) is 0.375. The van der Waals surface area contributed by atoms with Crippen molar-refractivity contribution >= 4 is 28.2 Å². The Kier molecular flexibility index (Phi) is 4.46. The molecule has 0 aliphatic carbocycles. The standard InChI is InChI=1S/C24H28N4O/c1-17(2)27-15-20(19-7-3-5-9-22(19)27)24(29)26-13-11-18(12-14-26)28-16-25-21-8-4-6-10-23(21)28/h3-10,15,17-18,25H,11-14,16H2,1-2H3. The van der Waals surface area contributed by atoms with E-state index >= 15 is 0 Å². The number of likely N-dealkylation sites (tertiary alicyclic amines) is 1. The van der Waals surface area contributed by atoms with E-state index in [0.29, 0.717) is 12.1 Å². The third-order valence-electron chi connectivity index (χ3n) is 6.37. The Balaban J connectivity index is 1.33. The van der Waals surface area contributed by atoms with Crippen LogP contribution in [-0.4, -0.2) is 41.2 Å². The maximum Gasteiger partial charge on any atom is 0.256 e. The summed E-state index contributed by atoms with van der Waals surface area (Å²) in [5.41, 5.74) is 4.48. The number of nitrogens with zero attached hydrogens (tertiary/aromatic N) is 3. The van der Waals surface area contributed by atoms with Crippen LogP contribution in [0, 0.1) is 0 Å². The first-order chi connectivity index (χ1) is 14.1. The molecule has 5 heteroatoms. The van der Waals surface area contributed by atoms with Gasteiger partial charge in [0.2, 0.25) is 0 Å². The van der Waals surface area contributed by atoms with Crippen LogP contribution in [-0.2, 0) is 0 Å². The monoisotopic (exact) mass is 388 g/mol. The van der Waals surface area contributed by atoms with Crippen LogP contribution in [0.15, 0.2) is 54.7 Å². The molecular formula is C24H28N4O. The minimum Gasteiger partial charge on any atom is -0.366 e. The Labute approximate surface area is 171 Å². The highest BCUT2D eigenvalue weighted by Gasteiger charge is 2.31. The summed E-state index contributed by atoms with van der Waals surface area (Å²) in [4.78, 5) is 17.9. The zero-order chi connectivity index (χ0) is 20.0. The Morgan fingerprint density at radius 2 is 1.76 bits per heavy atom. The summed E-state index contributed by atoms with van der Waals surface area (Å²) in [6.07, 6.45) is 4.06. The van der Waals surface area contributed by atoms with E-state index in [-0.39, 0.29) is 5.91 Å². The molecule has 0 atom stereocenters. The van der Waals surface area contributed by atoms with Gasteiger partial charge in [-0.3, -0.25) is 4.79 Å². The average molecular weight is 389 g/mol. The summed E-state index contributed by atoms with van der Waals surface area (Å²) >= 11 is 0. The van der Waals surface area contributed by atoms with Crippen LogP contribution in [0.25, 0.3) is 10.9 Å². The number of benzene rings is 2. The molecule has 1 N–H and O–H groups in total. The van der Waals surface area contributed by atoms with E-state index in [1.807, 2.05) is 23.2 Å². The van der Waals surface area contributed by atoms with E-state index in [1.165, 1.54) is 11.4 Å². The fourth-order valence-electron chi connectivity index (χ4n) is 4.81. The van der Waals surface area contributed by atoms with Gasteiger partial charge in [-0.05, 0) is 44.9 Å². The zero-order valence-corrected chi connectivity index (χ0v) is 17.1. The molecule has 2 aliphatic heterocycles. The Morgan fingerprint density at radius 1 is 1.03 bits per heavy atom. The van der Waals surface area contributed by atoms with Crippen LogP contribution in [0.3, 0.4) is 0 Å². The van der Waals surface area contributed by atoms with Crippen LogP contribution in [0.2, 0.25) is 0 Å². The number of hydrogen-bond acceptors (Lipinski definition) is 3. The Morgan fingerprint density at radius 3 is 2.55 bits per heavy atom. The lowest BCUT2D eigenvalue weighted by Gasteiger charge is -2.37. The maximum absolute atomic E-state index is 13.4. The normalized spacial score (nSPS) is 17.1. The number of anilines is 2. The van der Waals surface area contributed by atoms with Crippen LogP contribution >= 0.6 is 0 Å². The van der Waals surface area contributed by atoms with Crippen molar-refractivity contribution in [2.45, 2.75) is 38.8 Å². The largest absolute Gasteiger partial charge is 0.366 e. The van der Waals surface area contributed by atoms with Crippen LogP contribution in [0.4, 0.5) is 11.4 Å². The number of rotatable bonds is 3. The lowest BCUT2D eigenvalue weighted by molar-refractivity contribution is 0.0714. The highest BCUT2D eigenvalue weighted by Crippen LogP contribution is 2.35. The first-order valence-corrected chi connectivity index (χ1v) is 10.6. The molecule has 0 saturated carbocycles. The molecule has 0 spiro atoms. The van der Waals surface area contributed by atoms with Crippen molar-refractivity contribution in [2.24, 2.45) is 0 Å². The second kappa shape index (κ2) is 7.14. The number of carbonyl (C=O) groups excluding carboxylic acids is 1. The minimum atomic E-state index is 0.166. The summed E-state index contributed by atoms with van der Waals surface area (Å²) in [5, 5.41) is 4.54. The van der Waals surface area contributed by atoms with Gasteiger partial charge in [0.15, 0.2) is 0 Å². The van der Waals surface area contributed by atoms with E-state index < -0.39 is 0 Å². The summed E-state index contributed by atoms with van der Waals surface area (Å²) < 4.78 is 2.21. The Bertz CT molecular complexity index is 1050. The third-order valence-corrected chi connectivity index (χ3v) is 6.37. The number of fused-ring (bicyclic) bond motifs is 2. The van der Waals surface area contributed by atoms with Crippen molar-refractivity contribution < 1.29 is 4.79 Å². The molecule has 1 amide bonds. The highest BCUT2D eigenvalue weighted by atomic mass is 16.2. The smallest absolute Gasteiger partial charge is 0.256 e. The van der Waals surface area contributed by atoms with Gasteiger partial charge >= 0.3 is 0 Å².